The van der Waals surface area contributed by atoms with Crippen molar-refractivity contribution in [3.63, 3.8) is 0 Å². The second kappa shape index (κ2) is 7.68. The van der Waals surface area contributed by atoms with E-state index in [-0.39, 0.29) is 6.09 Å². The maximum Gasteiger partial charge on any atom is 0.410 e. The smallest absolute Gasteiger partial charge is 0.410 e. The van der Waals surface area contributed by atoms with Crippen LogP contribution in [0, 0.1) is 9.68 Å². The van der Waals surface area contributed by atoms with Crippen LogP contribution in [0.15, 0.2) is 16.5 Å². The minimum Gasteiger partial charge on any atom is -0.454 e. The molecule has 0 spiro atoms. The molecule has 1 aliphatic rings. The van der Waals surface area contributed by atoms with E-state index in [1.807, 2.05) is 37.8 Å². The molecule has 0 radical (unpaired) electrons. The fourth-order valence-corrected chi connectivity index (χ4v) is 3.03. The molecule has 6 heteroatoms. The van der Waals surface area contributed by atoms with E-state index < -0.39 is 5.60 Å². The molecule has 0 bridgehead atoms. The number of furan rings is 1. The fraction of sp³-hybridized carbons (Fsp3) is 0.688. The summed E-state index contributed by atoms with van der Waals surface area (Å²) < 4.78 is 11.9. The van der Waals surface area contributed by atoms with Crippen molar-refractivity contribution in [2.24, 2.45) is 5.92 Å². The monoisotopic (exact) mass is 420 g/mol. The molecule has 1 aromatic rings. The summed E-state index contributed by atoms with van der Waals surface area (Å²) in [4.78, 5) is 14.0. The zero-order valence-corrected chi connectivity index (χ0v) is 15.7. The zero-order valence-electron chi connectivity index (χ0n) is 13.5. The molecule has 1 saturated heterocycles. The summed E-state index contributed by atoms with van der Waals surface area (Å²) in [6, 6.07) is 3.95. The Morgan fingerprint density at radius 3 is 2.91 bits per heavy atom. The minimum atomic E-state index is -0.432. The molecule has 1 unspecified atom stereocenters. The zero-order chi connectivity index (χ0) is 16.2. The molecule has 2 heterocycles. The van der Waals surface area contributed by atoms with Crippen LogP contribution in [0.25, 0.3) is 0 Å². The SMILES string of the molecule is CC(C)(C)OC(=O)N1CCCC(CNCc2ccc(I)o2)C1. The van der Waals surface area contributed by atoms with Gasteiger partial charge in [-0.15, -0.1) is 0 Å². The van der Waals surface area contributed by atoms with Crippen molar-refractivity contribution in [1.29, 1.82) is 0 Å². The van der Waals surface area contributed by atoms with Crippen molar-refractivity contribution in [2.45, 2.75) is 45.8 Å². The van der Waals surface area contributed by atoms with Crippen LogP contribution >= 0.6 is 22.6 Å². The van der Waals surface area contributed by atoms with Crippen molar-refractivity contribution >= 4 is 28.7 Å². The van der Waals surface area contributed by atoms with Gasteiger partial charge in [0.25, 0.3) is 0 Å². The molecule has 22 heavy (non-hydrogen) atoms. The van der Waals surface area contributed by atoms with Gasteiger partial charge < -0.3 is 19.4 Å². The van der Waals surface area contributed by atoms with Gasteiger partial charge in [-0.2, -0.15) is 0 Å². The van der Waals surface area contributed by atoms with Crippen molar-refractivity contribution in [3.05, 3.63) is 21.7 Å². The van der Waals surface area contributed by atoms with Crippen LogP contribution in [0.4, 0.5) is 4.79 Å². The number of likely N-dealkylation sites (tertiary alicyclic amines) is 1. The van der Waals surface area contributed by atoms with Crippen LogP contribution in [0.5, 0.6) is 0 Å². The lowest BCUT2D eigenvalue weighted by Crippen LogP contribution is -2.44. The third kappa shape index (κ3) is 5.79. The Kier molecular flexibility index (Phi) is 6.14. The van der Waals surface area contributed by atoms with Crippen molar-refractivity contribution in [3.8, 4) is 0 Å². The Bertz CT molecular complexity index is 496. The van der Waals surface area contributed by atoms with E-state index in [1.165, 1.54) is 0 Å². The topological polar surface area (TPSA) is 54.7 Å². The Hall–Kier alpha value is -0.760. The van der Waals surface area contributed by atoms with Gasteiger partial charge in [0.15, 0.2) is 3.77 Å². The minimum absolute atomic E-state index is 0.196. The second-order valence-corrected chi connectivity index (χ2v) is 7.83. The van der Waals surface area contributed by atoms with E-state index in [0.29, 0.717) is 5.92 Å². The average molecular weight is 420 g/mol. The van der Waals surface area contributed by atoms with Crippen molar-refractivity contribution < 1.29 is 13.9 Å². The number of carbonyl (C=O) groups excluding carboxylic acids is 1. The molecule has 1 aliphatic heterocycles. The Balaban J connectivity index is 1.74. The first-order chi connectivity index (χ1) is 10.3. The highest BCUT2D eigenvalue weighted by Crippen LogP contribution is 2.19. The first-order valence-electron chi connectivity index (χ1n) is 7.76. The summed E-state index contributed by atoms with van der Waals surface area (Å²) in [5, 5.41) is 3.42. The third-order valence-corrected chi connectivity index (χ3v) is 4.11. The molecule has 1 N–H and O–H groups in total. The van der Waals surface area contributed by atoms with Crippen molar-refractivity contribution in [1.82, 2.24) is 10.2 Å². The van der Waals surface area contributed by atoms with Gasteiger partial charge >= 0.3 is 6.09 Å². The molecule has 0 aliphatic carbocycles. The van der Waals surface area contributed by atoms with Crippen LogP contribution in [-0.4, -0.2) is 36.2 Å². The van der Waals surface area contributed by atoms with Gasteiger partial charge in [0, 0.05) is 19.6 Å². The summed E-state index contributed by atoms with van der Waals surface area (Å²) >= 11 is 2.16. The number of nitrogens with one attached hydrogen (secondary N) is 1. The van der Waals surface area contributed by atoms with Crippen LogP contribution in [0.3, 0.4) is 0 Å². The number of piperidine rings is 1. The van der Waals surface area contributed by atoms with Gasteiger partial charge in [-0.1, -0.05) is 0 Å². The van der Waals surface area contributed by atoms with Gasteiger partial charge in [-0.25, -0.2) is 4.79 Å². The lowest BCUT2D eigenvalue weighted by molar-refractivity contribution is 0.0166. The molecule has 1 fully saturated rings. The molecule has 2 rings (SSSR count). The normalized spacial score (nSPS) is 19.3. The predicted octanol–water partition coefficient (Wildman–Crippen LogP) is 3.62. The molecular formula is C16H25IN2O3. The standard InChI is InChI=1S/C16H25IN2O3/c1-16(2,3)22-15(20)19-8-4-5-12(11-19)9-18-10-13-6-7-14(17)21-13/h6-7,12,18H,4-5,8-11H2,1-3H3. The number of halogens is 1. The highest BCUT2D eigenvalue weighted by molar-refractivity contribution is 14.1. The lowest BCUT2D eigenvalue weighted by atomic mass is 9.98. The van der Waals surface area contributed by atoms with Gasteiger partial charge in [-0.3, -0.25) is 0 Å². The maximum atomic E-state index is 12.1. The van der Waals surface area contributed by atoms with Gasteiger partial charge in [0.2, 0.25) is 0 Å². The second-order valence-electron chi connectivity index (χ2n) is 6.77. The van der Waals surface area contributed by atoms with E-state index in [9.17, 15) is 4.79 Å². The maximum absolute atomic E-state index is 12.1. The predicted molar refractivity (Wildman–Crippen MR) is 93.7 cm³/mol. The molecule has 1 atom stereocenters. The van der Waals surface area contributed by atoms with Gasteiger partial charge in [0.05, 0.1) is 6.54 Å². The van der Waals surface area contributed by atoms with E-state index in [4.69, 9.17) is 9.15 Å². The first kappa shape index (κ1) is 17.6. The van der Waals surface area contributed by atoms with E-state index in [2.05, 4.69) is 27.9 Å². The number of hydrogen-bond acceptors (Lipinski definition) is 4. The molecule has 5 nitrogen and oxygen atoms in total. The highest BCUT2D eigenvalue weighted by Gasteiger charge is 2.27. The average Bonchev–Trinajstić information content (AvgIpc) is 2.83. The highest BCUT2D eigenvalue weighted by atomic mass is 127. The molecule has 0 saturated carbocycles. The number of hydrogen-bond donors (Lipinski definition) is 1. The van der Waals surface area contributed by atoms with E-state index in [0.717, 1.165) is 48.5 Å². The largest absolute Gasteiger partial charge is 0.454 e. The summed E-state index contributed by atoms with van der Waals surface area (Å²) in [7, 11) is 0. The number of ether oxygens (including phenoxy) is 1. The molecule has 1 aromatic heterocycles. The first-order valence-corrected chi connectivity index (χ1v) is 8.84. The van der Waals surface area contributed by atoms with Crippen LogP contribution < -0.4 is 5.32 Å². The number of rotatable bonds is 4. The number of amides is 1. The Labute approximate surface area is 145 Å². The molecule has 124 valence electrons. The lowest BCUT2D eigenvalue weighted by Gasteiger charge is -2.34. The van der Waals surface area contributed by atoms with Crippen LogP contribution in [0.1, 0.15) is 39.4 Å². The number of nitrogens with zero attached hydrogens (tertiary/aromatic N) is 1. The Morgan fingerprint density at radius 1 is 1.50 bits per heavy atom. The summed E-state index contributed by atoms with van der Waals surface area (Å²) in [5.41, 5.74) is -0.432. The van der Waals surface area contributed by atoms with E-state index in [1.54, 1.807) is 0 Å². The van der Waals surface area contributed by atoms with Crippen LogP contribution in [0.2, 0.25) is 0 Å². The van der Waals surface area contributed by atoms with Crippen LogP contribution in [-0.2, 0) is 11.3 Å². The fourth-order valence-electron chi connectivity index (χ4n) is 2.57. The Morgan fingerprint density at radius 2 is 2.27 bits per heavy atom. The summed E-state index contributed by atoms with van der Waals surface area (Å²) in [6.45, 7) is 8.87. The van der Waals surface area contributed by atoms with E-state index >= 15 is 0 Å². The third-order valence-electron chi connectivity index (χ3n) is 3.53. The quantitative estimate of drug-likeness (QED) is 0.757. The molecular weight excluding hydrogens is 395 g/mol. The summed E-state index contributed by atoms with van der Waals surface area (Å²) in [5.74, 6) is 1.42. The number of carbonyl (C=O) groups is 1. The molecule has 1 amide bonds. The molecule has 0 aromatic carbocycles. The van der Waals surface area contributed by atoms with Crippen molar-refractivity contribution in [2.75, 3.05) is 19.6 Å². The van der Waals surface area contributed by atoms with Gasteiger partial charge in [-0.05, 0) is 74.3 Å². The summed E-state index contributed by atoms with van der Waals surface area (Å²) in [6.07, 6.45) is 1.98. The van der Waals surface area contributed by atoms with Gasteiger partial charge in [0.1, 0.15) is 11.4 Å².